The number of ether oxygens (including phenoxy) is 1. The highest BCUT2D eigenvalue weighted by Gasteiger charge is 2.45. The SMILES string of the molecule is COc1cccc(C2C(C(=O)c3cccs3)=C(O)C(=O)N2c2ccc(S(N)(=O)=O)cc2)c1. The zero-order valence-electron chi connectivity index (χ0n) is 16.8. The number of carbonyl (C=O) groups excluding carboxylic acids is 2. The van der Waals surface area contributed by atoms with Gasteiger partial charge < -0.3 is 9.84 Å². The monoisotopic (exact) mass is 470 g/mol. The number of amides is 1. The van der Waals surface area contributed by atoms with Gasteiger partial charge in [0.2, 0.25) is 15.8 Å². The number of nitrogens with zero attached hydrogens (tertiary/aromatic N) is 1. The highest BCUT2D eigenvalue weighted by molar-refractivity contribution is 7.89. The van der Waals surface area contributed by atoms with Crippen molar-refractivity contribution in [1.29, 1.82) is 0 Å². The van der Waals surface area contributed by atoms with Crippen molar-refractivity contribution < 1.29 is 27.9 Å². The van der Waals surface area contributed by atoms with Gasteiger partial charge in [0.25, 0.3) is 5.91 Å². The van der Waals surface area contributed by atoms with E-state index in [9.17, 15) is 23.1 Å². The number of carbonyl (C=O) groups is 2. The van der Waals surface area contributed by atoms with E-state index in [4.69, 9.17) is 9.88 Å². The maximum absolute atomic E-state index is 13.3. The number of nitrogens with two attached hydrogens (primary N) is 1. The van der Waals surface area contributed by atoms with Crippen LogP contribution in [0.1, 0.15) is 21.3 Å². The van der Waals surface area contributed by atoms with E-state index in [-0.39, 0.29) is 16.2 Å². The molecule has 1 aliphatic rings. The maximum Gasteiger partial charge on any atom is 0.294 e. The topological polar surface area (TPSA) is 127 Å². The summed E-state index contributed by atoms with van der Waals surface area (Å²) in [6.07, 6.45) is 0. The summed E-state index contributed by atoms with van der Waals surface area (Å²) in [5.41, 5.74) is 0.758. The first-order valence-corrected chi connectivity index (χ1v) is 11.8. The average molecular weight is 471 g/mol. The summed E-state index contributed by atoms with van der Waals surface area (Å²) >= 11 is 1.20. The third-order valence-electron chi connectivity index (χ3n) is 5.05. The second-order valence-corrected chi connectivity index (χ2v) is 9.47. The van der Waals surface area contributed by atoms with Gasteiger partial charge in [0.15, 0.2) is 5.76 Å². The Labute approximate surface area is 188 Å². The molecule has 32 heavy (non-hydrogen) atoms. The molecule has 3 N–H and O–H groups in total. The lowest BCUT2D eigenvalue weighted by Gasteiger charge is -2.27. The van der Waals surface area contributed by atoms with Crippen LogP contribution in [0, 0.1) is 0 Å². The van der Waals surface area contributed by atoms with E-state index in [0.29, 0.717) is 16.2 Å². The molecule has 8 nitrogen and oxygen atoms in total. The molecule has 1 atom stereocenters. The summed E-state index contributed by atoms with van der Waals surface area (Å²) in [7, 11) is -2.43. The molecule has 0 saturated heterocycles. The van der Waals surface area contributed by atoms with Gasteiger partial charge in [-0.25, -0.2) is 13.6 Å². The van der Waals surface area contributed by atoms with Crippen LogP contribution in [0.2, 0.25) is 0 Å². The summed E-state index contributed by atoms with van der Waals surface area (Å²) in [6.45, 7) is 0. The number of methoxy groups -OCH3 is 1. The van der Waals surface area contributed by atoms with Crippen molar-refractivity contribution in [3.05, 3.63) is 87.8 Å². The van der Waals surface area contributed by atoms with Gasteiger partial charge in [0, 0.05) is 5.69 Å². The zero-order valence-corrected chi connectivity index (χ0v) is 18.4. The van der Waals surface area contributed by atoms with Crippen LogP contribution in [-0.2, 0) is 14.8 Å². The minimum Gasteiger partial charge on any atom is -0.503 e. The van der Waals surface area contributed by atoms with Gasteiger partial charge in [-0.3, -0.25) is 14.5 Å². The van der Waals surface area contributed by atoms with E-state index in [1.807, 2.05) is 0 Å². The van der Waals surface area contributed by atoms with Gasteiger partial charge in [-0.1, -0.05) is 18.2 Å². The van der Waals surface area contributed by atoms with Crippen LogP contribution in [0.3, 0.4) is 0 Å². The predicted molar refractivity (Wildman–Crippen MR) is 119 cm³/mol. The van der Waals surface area contributed by atoms with Crippen molar-refractivity contribution in [3.63, 3.8) is 0 Å². The molecule has 0 fully saturated rings. The Kier molecular flexibility index (Phi) is 5.59. The molecule has 1 amide bonds. The Bertz CT molecular complexity index is 1330. The first-order valence-electron chi connectivity index (χ1n) is 9.34. The molecule has 2 aromatic carbocycles. The number of benzene rings is 2. The largest absolute Gasteiger partial charge is 0.503 e. The van der Waals surface area contributed by atoms with E-state index in [1.54, 1.807) is 41.8 Å². The van der Waals surface area contributed by atoms with Crippen LogP contribution in [0.25, 0.3) is 0 Å². The number of ketones is 1. The minimum atomic E-state index is -3.93. The van der Waals surface area contributed by atoms with E-state index in [0.717, 1.165) is 0 Å². The number of thiophene rings is 1. The van der Waals surface area contributed by atoms with Crippen LogP contribution in [0.4, 0.5) is 5.69 Å². The number of sulfonamides is 1. The van der Waals surface area contributed by atoms with Gasteiger partial charge in [0.1, 0.15) is 5.75 Å². The molecule has 4 rings (SSSR count). The van der Waals surface area contributed by atoms with Crippen LogP contribution in [-0.4, -0.2) is 32.3 Å². The number of anilines is 1. The number of primary sulfonamides is 1. The maximum atomic E-state index is 13.3. The van der Waals surface area contributed by atoms with Crippen LogP contribution in [0.15, 0.2) is 82.3 Å². The highest BCUT2D eigenvalue weighted by Crippen LogP contribution is 2.43. The molecule has 0 radical (unpaired) electrons. The Morgan fingerprint density at radius 3 is 2.44 bits per heavy atom. The quantitative estimate of drug-likeness (QED) is 0.533. The molecule has 164 valence electrons. The normalized spacial score (nSPS) is 16.5. The van der Waals surface area contributed by atoms with Gasteiger partial charge >= 0.3 is 0 Å². The van der Waals surface area contributed by atoms with Gasteiger partial charge in [-0.05, 0) is 53.4 Å². The Morgan fingerprint density at radius 1 is 1.12 bits per heavy atom. The lowest BCUT2D eigenvalue weighted by Crippen LogP contribution is -2.31. The van der Waals surface area contributed by atoms with Crippen LogP contribution < -0.4 is 14.8 Å². The first-order chi connectivity index (χ1) is 15.2. The second-order valence-electron chi connectivity index (χ2n) is 6.96. The minimum absolute atomic E-state index is 0.0683. The molecule has 0 aliphatic carbocycles. The summed E-state index contributed by atoms with van der Waals surface area (Å²) < 4.78 is 28.5. The lowest BCUT2D eigenvalue weighted by molar-refractivity contribution is -0.117. The van der Waals surface area contributed by atoms with Crippen LogP contribution >= 0.6 is 11.3 Å². The fourth-order valence-electron chi connectivity index (χ4n) is 3.57. The number of rotatable bonds is 6. The third kappa shape index (κ3) is 3.79. The Hall–Kier alpha value is -3.47. The summed E-state index contributed by atoms with van der Waals surface area (Å²) in [4.78, 5) is 27.9. The molecular weight excluding hydrogens is 452 g/mol. The fraction of sp³-hybridized carbons (Fsp3) is 0.0909. The van der Waals surface area contributed by atoms with Crippen molar-refractivity contribution in [1.82, 2.24) is 0 Å². The van der Waals surface area contributed by atoms with E-state index in [1.165, 1.54) is 47.6 Å². The molecule has 3 aromatic rings. The molecule has 1 aliphatic heterocycles. The predicted octanol–water partition coefficient (Wildman–Crippen LogP) is 3.19. The zero-order chi connectivity index (χ0) is 23.0. The van der Waals surface area contributed by atoms with E-state index in [2.05, 4.69) is 0 Å². The van der Waals surface area contributed by atoms with Crippen molar-refractivity contribution in [2.45, 2.75) is 10.9 Å². The van der Waals surface area contributed by atoms with Gasteiger partial charge in [0.05, 0.1) is 28.5 Å². The molecule has 0 bridgehead atoms. The molecule has 1 unspecified atom stereocenters. The third-order valence-corrected chi connectivity index (χ3v) is 6.85. The molecule has 0 spiro atoms. The average Bonchev–Trinajstić information content (AvgIpc) is 3.40. The van der Waals surface area contributed by atoms with Crippen molar-refractivity contribution in [3.8, 4) is 5.75 Å². The van der Waals surface area contributed by atoms with E-state index < -0.39 is 33.5 Å². The number of aliphatic hydroxyl groups is 1. The molecule has 2 heterocycles. The van der Waals surface area contributed by atoms with Crippen LogP contribution in [0.5, 0.6) is 5.75 Å². The number of aliphatic hydroxyl groups excluding tert-OH is 1. The summed E-state index contributed by atoms with van der Waals surface area (Å²) in [6, 6.07) is 14.5. The summed E-state index contributed by atoms with van der Waals surface area (Å²) in [5, 5.41) is 17.6. The van der Waals surface area contributed by atoms with Gasteiger partial charge in [-0.2, -0.15) is 0 Å². The molecule has 0 saturated carbocycles. The van der Waals surface area contributed by atoms with E-state index >= 15 is 0 Å². The van der Waals surface area contributed by atoms with Crippen molar-refractivity contribution in [2.24, 2.45) is 5.14 Å². The summed E-state index contributed by atoms with van der Waals surface area (Å²) in [5.74, 6) is -1.40. The highest BCUT2D eigenvalue weighted by atomic mass is 32.2. The second kappa shape index (κ2) is 8.23. The fourth-order valence-corrected chi connectivity index (χ4v) is 4.76. The standard InChI is InChI=1S/C22H18N2O6S2/c1-30-15-5-2-4-13(12-15)19-18(20(25)17-6-3-11-31-17)21(26)22(27)24(19)14-7-9-16(10-8-14)32(23,28)29/h2-12,19,26H,1H3,(H2,23,28,29). The molecule has 10 heteroatoms. The lowest BCUT2D eigenvalue weighted by atomic mass is 9.95. The molecule has 1 aromatic heterocycles. The molecular formula is C22H18N2O6S2. The Balaban J connectivity index is 1.87. The van der Waals surface area contributed by atoms with Crippen molar-refractivity contribution >= 4 is 38.7 Å². The smallest absolute Gasteiger partial charge is 0.294 e. The number of hydrogen-bond donors (Lipinski definition) is 2. The first kappa shape index (κ1) is 21.8. The van der Waals surface area contributed by atoms with Gasteiger partial charge in [-0.15, -0.1) is 11.3 Å². The number of Topliss-reactive ketones (excluding diaryl/α,β-unsaturated/α-hetero) is 1. The number of hydrogen-bond acceptors (Lipinski definition) is 7. The Morgan fingerprint density at radius 2 is 1.84 bits per heavy atom. The van der Waals surface area contributed by atoms with Crippen molar-refractivity contribution in [2.75, 3.05) is 12.0 Å².